The Labute approximate surface area is 108 Å². The highest BCUT2D eigenvalue weighted by molar-refractivity contribution is 7.18. The van der Waals surface area contributed by atoms with Crippen molar-refractivity contribution in [2.24, 2.45) is 5.92 Å². The largest absolute Gasteiger partial charge is 0.309 e. The highest BCUT2D eigenvalue weighted by atomic mass is 35.5. The number of aromatic nitrogens is 2. The minimum atomic E-state index is -0.0299. The molecule has 0 aliphatic heterocycles. The fourth-order valence-corrected chi connectivity index (χ4v) is 3.99. The average molecular weight is 269 g/mol. The molecule has 1 aliphatic rings. The second kappa shape index (κ2) is 4.10. The summed E-state index contributed by atoms with van der Waals surface area (Å²) in [7, 11) is 0. The molecule has 5 heteroatoms. The van der Waals surface area contributed by atoms with Crippen LogP contribution in [-0.2, 0) is 18.7 Å². The van der Waals surface area contributed by atoms with Crippen LogP contribution in [0.1, 0.15) is 29.6 Å². The maximum Gasteiger partial charge on any atom is 0.259 e. The molecule has 1 atom stereocenters. The van der Waals surface area contributed by atoms with Crippen molar-refractivity contribution in [3.05, 3.63) is 26.6 Å². The summed E-state index contributed by atoms with van der Waals surface area (Å²) in [6.45, 7) is 2.26. The number of H-pyrrole nitrogens is 1. The lowest BCUT2D eigenvalue weighted by atomic mass is 9.89. The third-order valence-corrected chi connectivity index (χ3v) is 4.74. The molecule has 3 rings (SSSR count). The Kier molecular flexibility index (Phi) is 2.71. The average Bonchev–Trinajstić information content (AvgIpc) is 2.66. The van der Waals surface area contributed by atoms with Crippen molar-refractivity contribution in [3.63, 3.8) is 0 Å². The zero-order chi connectivity index (χ0) is 12.0. The minimum absolute atomic E-state index is 0.0299. The SMILES string of the molecule is CC1CCc2c(sc3nc(CCl)[nH]c(=O)c23)C1. The topological polar surface area (TPSA) is 45.8 Å². The van der Waals surface area contributed by atoms with Gasteiger partial charge in [0.2, 0.25) is 0 Å². The number of hydrogen-bond donors (Lipinski definition) is 1. The van der Waals surface area contributed by atoms with E-state index in [9.17, 15) is 4.79 Å². The summed E-state index contributed by atoms with van der Waals surface area (Å²) in [4.78, 5) is 21.4. The first-order valence-electron chi connectivity index (χ1n) is 5.78. The van der Waals surface area contributed by atoms with Gasteiger partial charge in [0.25, 0.3) is 5.56 Å². The van der Waals surface area contributed by atoms with Crippen LogP contribution in [0.25, 0.3) is 10.2 Å². The number of rotatable bonds is 1. The van der Waals surface area contributed by atoms with Crippen LogP contribution in [0.5, 0.6) is 0 Å². The predicted molar refractivity (Wildman–Crippen MR) is 71.0 cm³/mol. The van der Waals surface area contributed by atoms with E-state index in [1.807, 2.05) is 0 Å². The van der Waals surface area contributed by atoms with Crippen molar-refractivity contribution < 1.29 is 0 Å². The zero-order valence-corrected chi connectivity index (χ0v) is 11.1. The molecule has 0 fully saturated rings. The maximum atomic E-state index is 12.0. The number of aromatic amines is 1. The van der Waals surface area contributed by atoms with E-state index in [-0.39, 0.29) is 11.4 Å². The summed E-state index contributed by atoms with van der Waals surface area (Å²) in [5.74, 6) is 1.53. The van der Waals surface area contributed by atoms with Gasteiger partial charge in [0.05, 0.1) is 11.3 Å². The summed E-state index contributed by atoms with van der Waals surface area (Å²) in [6.07, 6.45) is 3.24. The first-order valence-corrected chi connectivity index (χ1v) is 7.13. The van der Waals surface area contributed by atoms with Gasteiger partial charge < -0.3 is 4.98 Å². The van der Waals surface area contributed by atoms with Crippen LogP contribution in [0.2, 0.25) is 0 Å². The molecule has 3 nitrogen and oxygen atoms in total. The summed E-state index contributed by atoms with van der Waals surface area (Å²) >= 11 is 7.38. The normalized spacial score (nSPS) is 19.5. The molecule has 1 N–H and O–H groups in total. The molecule has 1 unspecified atom stereocenters. The number of nitrogens with zero attached hydrogens (tertiary/aromatic N) is 1. The summed E-state index contributed by atoms with van der Waals surface area (Å²) < 4.78 is 0. The Morgan fingerprint density at radius 1 is 1.59 bits per heavy atom. The van der Waals surface area contributed by atoms with Gasteiger partial charge >= 0.3 is 0 Å². The first-order chi connectivity index (χ1) is 8.19. The van der Waals surface area contributed by atoms with Gasteiger partial charge in [0, 0.05) is 4.88 Å². The number of fused-ring (bicyclic) bond motifs is 3. The van der Waals surface area contributed by atoms with Crippen molar-refractivity contribution in [2.45, 2.75) is 32.1 Å². The molecule has 0 amide bonds. The molecule has 0 aromatic carbocycles. The summed E-state index contributed by atoms with van der Waals surface area (Å²) in [5.41, 5.74) is 1.19. The lowest BCUT2D eigenvalue weighted by Gasteiger charge is -2.17. The van der Waals surface area contributed by atoms with Gasteiger partial charge in [0.1, 0.15) is 10.7 Å². The van der Waals surface area contributed by atoms with E-state index < -0.39 is 0 Å². The summed E-state index contributed by atoms with van der Waals surface area (Å²) in [6, 6.07) is 0. The van der Waals surface area contributed by atoms with Crippen LogP contribution in [0, 0.1) is 5.92 Å². The molecule has 2 heterocycles. The zero-order valence-electron chi connectivity index (χ0n) is 9.55. The van der Waals surface area contributed by atoms with Gasteiger partial charge in [-0.05, 0) is 30.7 Å². The van der Waals surface area contributed by atoms with Gasteiger partial charge in [-0.1, -0.05) is 6.92 Å². The first kappa shape index (κ1) is 11.2. The fourth-order valence-electron chi connectivity index (χ4n) is 2.46. The molecule has 17 heavy (non-hydrogen) atoms. The molecule has 0 radical (unpaired) electrons. The lowest BCUT2D eigenvalue weighted by Crippen LogP contribution is -2.14. The molecule has 1 aliphatic carbocycles. The van der Waals surface area contributed by atoms with Crippen molar-refractivity contribution in [1.82, 2.24) is 9.97 Å². The lowest BCUT2D eigenvalue weighted by molar-refractivity contribution is 0.509. The van der Waals surface area contributed by atoms with Crippen LogP contribution in [-0.4, -0.2) is 9.97 Å². The van der Waals surface area contributed by atoms with Crippen molar-refractivity contribution in [3.8, 4) is 0 Å². The number of alkyl halides is 1. The van der Waals surface area contributed by atoms with E-state index in [1.54, 1.807) is 11.3 Å². The number of hydrogen-bond acceptors (Lipinski definition) is 3. The Morgan fingerprint density at radius 2 is 2.41 bits per heavy atom. The molecule has 2 aromatic heterocycles. The molecule has 0 bridgehead atoms. The predicted octanol–water partition coefficient (Wildman–Crippen LogP) is 2.85. The monoisotopic (exact) mass is 268 g/mol. The number of aryl methyl sites for hydroxylation is 1. The quantitative estimate of drug-likeness (QED) is 0.809. The third kappa shape index (κ3) is 1.79. The van der Waals surface area contributed by atoms with Crippen LogP contribution in [0.3, 0.4) is 0 Å². The van der Waals surface area contributed by atoms with E-state index in [4.69, 9.17) is 11.6 Å². The van der Waals surface area contributed by atoms with Crippen LogP contribution in [0.15, 0.2) is 4.79 Å². The Bertz CT molecular complexity index is 631. The highest BCUT2D eigenvalue weighted by Gasteiger charge is 2.22. The molecule has 0 saturated heterocycles. The van der Waals surface area contributed by atoms with Crippen LogP contribution >= 0.6 is 22.9 Å². The minimum Gasteiger partial charge on any atom is -0.309 e. The van der Waals surface area contributed by atoms with E-state index in [2.05, 4.69) is 16.9 Å². The van der Waals surface area contributed by atoms with Crippen molar-refractivity contribution >= 4 is 33.2 Å². The molecular weight excluding hydrogens is 256 g/mol. The van der Waals surface area contributed by atoms with E-state index in [0.717, 1.165) is 29.5 Å². The molecule has 0 saturated carbocycles. The number of thiophene rings is 1. The van der Waals surface area contributed by atoms with Crippen molar-refractivity contribution in [1.29, 1.82) is 0 Å². The molecule has 2 aromatic rings. The smallest absolute Gasteiger partial charge is 0.259 e. The van der Waals surface area contributed by atoms with Crippen LogP contribution in [0.4, 0.5) is 0 Å². The Hall–Kier alpha value is -0.870. The van der Waals surface area contributed by atoms with Gasteiger partial charge in [0.15, 0.2) is 0 Å². The summed E-state index contributed by atoms with van der Waals surface area (Å²) in [5, 5.41) is 0.797. The second-order valence-electron chi connectivity index (χ2n) is 4.68. The van der Waals surface area contributed by atoms with Gasteiger partial charge in [-0.3, -0.25) is 4.79 Å². The fraction of sp³-hybridized carbons (Fsp3) is 0.500. The molecule has 90 valence electrons. The maximum absolute atomic E-state index is 12.0. The number of halogens is 1. The van der Waals surface area contributed by atoms with E-state index in [0.29, 0.717) is 11.7 Å². The highest BCUT2D eigenvalue weighted by Crippen LogP contribution is 2.35. The van der Waals surface area contributed by atoms with E-state index >= 15 is 0 Å². The second-order valence-corrected chi connectivity index (χ2v) is 6.03. The van der Waals surface area contributed by atoms with Gasteiger partial charge in [-0.15, -0.1) is 22.9 Å². The van der Waals surface area contributed by atoms with Gasteiger partial charge in [-0.25, -0.2) is 4.98 Å². The third-order valence-electron chi connectivity index (χ3n) is 3.34. The van der Waals surface area contributed by atoms with Crippen LogP contribution < -0.4 is 5.56 Å². The van der Waals surface area contributed by atoms with E-state index in [1.165, 1.54) is 10.4 Å². The Morgan fingerprint density at radius 3 is 3.18 bits per heavy atom. The van der Waals surface area contributed by atoms with Gasteiger partial charge in [-0.2, -0.15) is 0 Å². The Balaban J connectivity index is 2.28. The van der Waals surface area contributed by atoms with Crippen molar-refractivity contribution in [2.75, 3.05) is 0 Å². The number of nitrogens with one attached hydrogen (secondary N) is 1. The molecule has 0 spiro atoms. The standard InChI is InChI=1S/C12H13ClN2OS/c1-6-2-3-7-8(4-6)17-12-10(7)11(16)14-9(5-13)15-12/h6H,2-5H2,1H3,(H,14,15,16). The molecular formula is C12H13ClN2OS.